The van der Waals surface area contributed by atoms with Crippen molar-refractivity contribution in [1.29, 1.82) is 0 Å². The summed E-state index contributed by atoms with van der Waals surface area (Å²) in [6, 6.07) is 6.16. The van der Waals surface area contributed by atoms with Crippen LogP contribution in [0.2, 0.25) is 0 Å². The second-order valence-electron chi connectivity index (χ2n) is 10.2. The Morgan fingerprint density at radius 2 is 1.78 bits per heavy atom. The summed E-state index contributed by atoms with van der Waals surface area (Å²) in [5.41, 5.74) is 7.07. The quantitative estimate of drug-likeness (QED) is 0.286. The zero-order valence-electron chi connectivity index (χ0n) is 21.1. The van der Waals surface area contributed by atoms with Crippen LogP contribution in [-0.2, 0) is 4.79 Å². The molecule has 6 heterocycles. The fourth-order valence-electron chi connectivity index (χ4n) is 5.07. The standard InChI is InChI=1S/C28H30N8O/c1-17(2)8-26(37)32-20-9-18(12-29-14-20)19-10-22-27(34-35-28(22)31-13-19)23-11-21-24(33-23)15-30-16-25(21)36-6-4-3-5-7-36/h9-17,33H,3-8H2,1-2H3,(H,32,37)(H,31,34,35). The number of carbonyl (C=O) groups is 1. The molecule has 1 aliphatic rings. The van der Waals surface area contributed by atoms with E-state index >= 15 is 0 Å². The minimum absolute atomic E-state index is 0.0168. The summed E-state index contributed by atoms with van der Waals surface area (Å²) in [6.45, 7) is 6.17. The van der Waals surface area contributed by atoms with Gasteiger partial charge >= 0.3 is 0 Å². The smallest absolute Gasteiger partial charge is 0.224 e. The van der Waals surface area contributed by atoms with Gasteiger partial charge in [-0.05, 0) is 43.4 Å². The lowest BCUT2D eigenvalue weighted by Crippen LogP contribution is -2.29. The van der Waals surface area contributed by atoms with E-state index in [1.807, 2.05) is 32.3 Å². The normalized spacial score (nSPS) is 14.1. The van der Waals surface area contributed by atoms with Crippen molar-refractivity contribution in [3.63, 3.8) is 0 Å². The zero-order valence-corrected chi connectivity index (χ0v) is 21.1. The highest BCUT2D eigenvalue weighted by molar-refractivity contribution is 5.99. The number of pyridine rings is 3. The lowest BCUT2D eigenvalue weighted by Gasteiger charge is -2.28. The molecule has 5 aromatic rings. The number of aromatic nitrogens is 6. The first-order chi connectivity index (χ1) is 18.0. The van der Waals surface area contributed by atoms with Crippen molar-refractivity contribution in [1.82, 2.24) is 30.1 Å². The SMILES string of the molecule is CC(C)CC(=O)Nc1cncc(-c2cnc3n[nH]c(-c4cc5c(N6CCCCC6)cncc5[nH]4)c3c2)c1. The van der Waals surface area contributed by atoms with Crippen LogP contribution in [0.25, 0.3) is 44.5 Å². The summed E-state index contributed by atoms with van der Waals surface area (Å²) < 4.78 is 0. The van der Waals surface area contributed by atoms with Crippen LogP contribution in [0.5, 0.6) is 0 Å². The van der Waals surface area contributed by atoms with E-state index < -0.39 is 0 Å². The number of anilines is 2. The van der Waals surface area contributed by atoms with Crippen molar-refractivity contribution >= 4 is 39.2 Å². The molecule has 9 nitrogen and oxygen atoms in total. The number of nitrogens with zero attached hydrogens (tertiary/aromatic N) is 5. The minimum atomic E-state index is -0.0168. The van der Waals surface area contributed by atoms with Crippen molar-refractivity contribution in [3.05, 3.63) is 49.2 Å². The number of piperidine rings is 1. The largest absolute Gasteiger partial charge is 0.370 e. The van der Waals surface area contributed by atoms with Crippen LogP contribution >= 0.6 is 0 Å². The number of aromatic amines is 2. The van der Waals surface area contributed by atoms with Crippen LogP contribution in [-0.4, -0.2) is 49.1 Å². The van der Waals surface area contributed by atoms with Crippen molar-refractivity contribution in [2.75, 3.05) is 23.3 Å². The molecule has 0 bridgehead atoms. The summed E-state index contributed by atoms with van der Waals surface area (Å²) in [7, 11) is 0. The molecule has 0 saturated carbocycles. The van der Waals surface area contributed by atoms with Gasteiger partial charge in [-0.15, -0.1) is 0 Å². The van der Waals surface area contributed by atoms with E-state index in [1.54, 1.807) is 18.6 Å². The molecule has 5 aromatic heterocycles. The van der Waals surface area contributed by atoms with Gasteiger partial charge in [-0.2, -0.15) is 5.10 Å². The maximum atomic E-state index is 12.2. The van der Waals surface area contributed by atoms with Gasteiger partial charge in [0.25, 0.3) is 0 Å². The molecular formula is C28H30N8O. The van der Waals surface area contributed by atoms with Gasteiger partial charge in [0.1, 0.15) is 0 Å². The second kappa shape index (κ2) is 9.65. The monoisotopic (exact) mass is 494 g/mol. The first-order valence-corrected chi connectivity index (χ1v) is 12.9. The van der Waals surface area contributed by atoms with Crippen molar-refractivity contribution in [2.24, 2.45) is 5.92 Å². The Bertz CT molecular complexity index is 1580. The number of carbonyl (C=O) groups excluding carboxylic acids is 1. The molecule has 1 saturated heterocycles. The minimum Gasteiger partial charge on any atom is -0.370 e. The van der Waals surface area contributed by atoms with Crippen LogP contribution in [0.1, 0.15) is 39.5 Å². The fraction of sp³-hybridized carbons (Fsp3) is 0.321. The fourth-order valence-corrected chi connectivity index (χ4v) is 5.07. The molecule has 37 heavy (non-hydrogen) atoms. The highest BCUT2D eigenvalue weighted by atomic mass is 16.1. The Morgan fingerprint density at radius 1 is 0.973 bits per heavy atom. The average Bonchev–Trinajstić information content (AvgIpc) is 3.52. The molecule has 6 rings (SSSR count). The van der Waals surface area contributed by atoms with Gasteiger partial charge in [0.15, 0.2) is 5.65 Å². The molecule has 0 atom stereocenters. The maximum absolute atomic E-state index is 12.2. The first kappa shape index (κ1) is 23.1. The maximum Gasteiger partial charge on any atom is 0.224 e. The van der Waals surface area contributed by atoms with Gasteiger partial charge in [-0.25, -0.2) is 4.98 Å². The summed E-state index contributed by atoms with van der Waals surface area (Å²) in [5, 5.41) is 12.6. The molecule has 3 N–H and O–H groups in total. The van der Waals surface area contributed by atoms with Gasteiger partial charge in [0.2, 0.25) is 5.91 Å². The summed E-state index contributed by atoms with van der Waals surface area (Å²) >= 11 is 0. The second-order valence-corrected chi connectivity index (χ2v) is 10.2. The number of rotatable bonds is 6. The summed E-state index contributed by atoms with van der Waals surface area (Å²) in [4.78, 5) is 31.6. The van der Waals surface area contributed by atoms with E-state index in [1.165, 1.54) is 24.9 Å². The van der Waals surface area contributed by atoms with E-state index in [2.05, 4.69) is 52.5 Å². The predicted octanol–water partition coefficient (Wildman–Crippen LogP) is 5.54. The summed E-state index contributed by atoms with van der Waals surface area (Å²) in [6.07, 6.45) is 13.2. The van der Waals surface area contributed by atoms with Crippen molar-refractivity contribution in [2.45, 2.75) is 39.5 Å². The van der Waals surface area contributed by atoms with Crippen LogP contribution < -0.4 is 10.2 Å². The highest BCUT2D eigenvalue weighted by Gasteiger charge is 2.18. The van der Waals surface area contributed by atoms with Crippen LogP contribution in [0.3, 0.4) is 0 Å². The lowest BCUT2D eigenvalue weighted by molar-refractivity contribution is -0.116. The number of hydrogen-bond acceptors (Lipinski definition) is 6. The Balaban J connectivity index is 1.35. The van der Waals surface area contributed by atoms with Crippen molar-refractivity contribution < 1.29 is 4.79 Å². The summed E-state index contributed by atoms with van der Waals surface area (Å²) in [5.74, 6) is 0.274. The van der Waals surface area contributed by atoms with Crippen molar-refractivity contribution in [3.8, 4) is 22.5 Å². The third-order valence-corrected chi connectivity index (χ3v) is 6.85. The van der Waals surface area contributed by atoms with Crippen LogP contribution in [0.15, 0.2) is 49.2 Å². The van der Waals surface area contributed by atoms with Gasteiger partial charge in [0.05, 0.1) is 46.9 Å². The van der Waals surface area contributed by atoms with Gasteiger partial charge in [0, 0.05) is 53.8 Å². The molecule has 0 aliphatic carbocycles. The lowest BCUT2D eigenvalue weighted by atomic mass is 10.1. The van der Waals surface area contributed by atoms with E-state index in [0.717, 1.165) is 51.9 Å². The molecule has 0 spiro atoms. The van der Waals surface area contributed by atoms with Gasteiger partial charge < -0.3 is 15.2 Å². The van der Waals surface area contributed by atoms with Gasteiger partial charge in [-0.1, -0.05) is 13.8 Å². The highest BCUT2D eigenvalue weighted by Crippen LogP contribution is 2.34. The third-order valence-electron chi connectivity index (χ3n) is 6.85. The van der Waals surface area contributed by atoms with E-state index in [9.17, 15) is 4.79 Å². The van der Waals surface area contributed by atoms with E-state index in [4.69, 9.17) is 0 Å². The Morgan fingerprint density at radius 3 is 2.62 bits per heavy atom. The molecule has 188 valence electrons. The molecule has 0 unspecified atom stereocenters. The molecule has 1 aliphatic heterocycles. The Kier molecular flexibility index (Phi) is 6.04. The number of H-pyrrole nitrogens is 2. The third kappa shape index (κ3) is 4.64. The Labute approximate surface area is 214 Å². The number of hydrogen-bond donors (Lipinski definition) is 3. The Hall–Kier alpha value is -4.27. The molecule has 1 amide bonds. The zero-order chi connectivity index (χ0) is 25.4. The van der Waals surface area contributed by atoms with Crippen LogP contribution in [0, 0.1) is 5.92 Å². The topological polar surface area (TPSA) is 115 Å². The number of nitrogens with one attached hydrogen (secondary N) is 3. The average molecular weight is 495 g/mol. The molecule has 9 heteroatoms. The molecular weight excluding hydrogens is 464 g/mol. The molecule has 1 fully saturated rings. The molecule has 0 radical (unpaired) electrons. The number of fused-ring (bicyclic) bond motifs is 2. The van der Waals surface area contributed by atoms with Crippen LogP contribution in [0.4, 0.5) is 11.4 Å². The van der Waals surface area contributed by atoms with E-state index in [-0.39, 0.29) is 5.91 Å². The number of amides is 1. The molecule has 0 aromatic carbocycles. The van der Waals surface area contributed by atoms with Gasteiger partial charge in [-0.3, -0.25) is 19.9 Å². The first-order valence-electron chi connectivity index (χ1n) is 12.9. The van der Waals surface area contributed by atoms with E-state index in [0.29, 0.717) is 23.7 Å². The predicted molar refractivity (Wildman–Crippen MR) is 146 cm³/mol.